The van der Waals surface area contributed by atoms with Crippen molar-refractivity contribution in [2.45, 2.75) is 53.0 Å². The van der Waals surface area contributed by atoms with Gasteiger partial charge in [-0.2, -0.15) is 0 Å². The number of fused-ring (bicyclic) bond motifs is 2. The lowest BCUT2D eigenvalue weighted by atomic mass is 9.65. The van der Waals surface area contributed by atoms with Gasteiger partial charge in [-0.15, -0.1) is 0 Å². The Bertz CT molecular complexity index is 895. The van der Waals surface area contributed by atoms with E-state index >= 15 is 0 Å². The van der Waals surface area contributed by atoms with Crippen molar-refractivity contribution in [1.82, 2.24) is 15.1 Å². The molecule has 2 aromatic heterocycles. The number of anilines is 3. The van der Waals surface area contributed by atoms with Gasteiger partial charge in [0.25, 0.3) is 0 Å². The standard InChI is InChI=1S/C18H24N6O3/c1-11-5-13(22-27-11)21-15-14(24(25)26)16(20-10-19-15)23-9-18(4)7-12(23)6-17(2,3)8-18/h5,10,12H,6-9H2,1-4H3,(H,19,20,21,22). The van der Waals surface area contributed by atoms with Gasteiger partial charge in [0, 0.05) is 18.7 Å². The Balaban J connectivity index is 1.73. The number of aryl methyl sites for hydroxylation is 1. The van der Waals surface area contributed by atoms with Crippen molar-refractivity contribution in [3.05, 3.63) is 28.3 Å². The maximum absolute atomic E-state index is 11.9. The van der Waals surface area contributed by atoms with E-state index < -0.39 is 4.92 Å². The van der Waals surface area contributed by atoms with Gasteiger partial charge in [0.1, 0.15) is 12.1 Å². The summed E-state index contributed by atoms with van der Waals surface area (Å²) in [7, 11) is 0. The molecule has 2 aliphatic rings. The number of aromatic nitrogens is 3. The van der Waals surface area contributed by atoms with Crippen LogP contribution in [-0.2, 0) is 0 Å². The number of hydrogen-bond donors (Lipinski definition) is 1. The van der Waals surface area contributed by atoms with E-state index in [1.54, 1.807) is 13.0 Å². The average molecular weight is 372 g/mol. The van der Waals surface area contributed by atoms with E-state index in [0.29, 0.717) is 17.4 Å². The first-order valence-electron chi connectivity index (χ1n) is 9.12. The molecule has 0 amide bonds. The van der Waals surface area contributed by atoms with Crippen LogP contribution in [0.3, 0.4) is 0 Å². The molecule has 1 saturated heterocycles. The van der Waals surface area contributed by atoms with Crippen molar-refractivity contribution < 1.29 is 9.45 Å². The first-order chi connectivity index (χ1) is 12.7. The van der Waals surface area contributed by atoms with Crippen LogP contribution >= 0.6 is 0 Å². The molecule has 0 radical (unpaired) electrons. The van der Waals surface area contributed by atoms with Crippen molar-refractivity contribution in [2.24, 2.45) is 10.8 Å². The highest BCUT2D eigenvalue weighted by atomic mass is 16.6. The number of nitrogens with zero attached hydrogens (tertiary/aromatic N) is 5. The van der Waals surface area contributed by atoms with E-state index in [-0.39, 0.29) is 28.4 Å². The molecule has 9 nitrogen and oxygen atoms in total. The van der Waals surface area contributed by atoms with Crippen molar-refractivity contribution >= 4 is 23.1 Å². The van der Waals surface area contributed by atoms with Crippen LogP contribution in [0.5, 0.6) is 0 Å². The van der Waals surface area contributed by atoms with Crippen LogP contribution in [0.4, 0.5) is 23.1 Å². The van der Waals surface area contributed by atoms with Crippen molar-refractivity contribution in [3.63, 3.8) is 0 Å². The molecule has 0 spiro atoms. The van der Waals surface area contributed by atoms with Gasteiger partial charge in [-0.1, -0.05) is 25.9 Å². The Hall–Kier alpha value is -2.71. The molecule has 2 aromatic rings. The highest BCUT2D eigenvalue weighted by molar-refractivity contribution is 5.74. The zero-order valence-corrected chi connectivity index (χ0v) is 16.0. The summed E-state index contributed by atoms with van der Waals surface area (Å²) in [5.41, 5.74) is 0.238. The normalized spacial score (nSPS) is 26.2. The SMILES string of the molecule is Cc1cc(Nc2ncnc(N3CC4(C)CC3CC(C)(C)C4)c2[N+](=O)[O-])no1. The summed E-state index contributed by atoms with van der Waals surface area (Å²) in [5, 5.41) is 18.6. The first-order valence-corrected chi connectivity index (χ1v) is 9.12. The molecule has 3 heterocycles. The summed E-state index contributed by atoms with van der Waals surface area (Å²) in [4.78, 5) is 22.0. The lowest BCUT2D eigenvalue weighted by molar-refractivity contribution is -0.383. The fraction of sp³-hybridized carbons (Fsp3) is 0.611. The van der Waals surface area contributed by atoms with E-state index in [9.17, 15) is 10.1 Å². The lowest BCUT2D eigenvalue weighted by Crippen LogP contribution is -2.35. The van der Waals surface area contributed by atoms with Gasteiger partial charge in [-0.25, -0.2) is 9.97 Å². The second-order valence-corrected chi connectivity index (χ2v) is 8.94. The van der Waals surface area contributed by atoms with E-state index in [0.717, 1.165) is 25.8 Å². The van der Waals surface area contributed by atoms with Crippen LogP contribution in [-0.4, -0.2) is 32.6 Å². The molecular formula is C18H24N6O3. The van der Waals surface area contributed by atoms with E-state index in [1.807, 2.05) is 0 Å². The maximum atomic E-state index is 11.9. The highest BCUT2D eigenvalue weighted by Crippen LogP contribution is 2.54. The molecule has 27 heavy (non-hydrogen) atoms. The van der Waals surface area contributed by atoms with E-state index in [1.165, 1.54) is 6.33 Å². The number of nitro groups is 1. The summed E-state index contributed by atoms with van der Waals surface area (Å²) in [5.74, 6) is 1.50. The zero-order chi connectivity index (χ0) is 19.4. The molecule has 1 N–H and O–H groups in total. The minimum atomic E-state index is -0.416. The molecule has 144 valence electrons. The molecule has 1 aliphatic heterocycles. The summed E-state index contributed by atoms with van der Waals surface area (Å²) in [6, 6.07) is 1.91. The molecular weight excluding hydrogens is 348 g/mol. The van der Waals surface area contributed by atoms with E-state index in [2.05, 4.69) is 46.1 Å². The minimum Gasteiger partial charge on any atom is -0.360 e. The number of rotatable bonds is 4. The third-order valence-corrected chi connectivity index (χ3v) is 5.55. The van der Waals surface area contributed by atoms with Gasteiger partial charge < -0.3 is 14.7 Å². The fourth-order valence-corrected chi connectivity index (χ4v) is 5.09. The van der Waals surface area contributed by atoms with Gasteiger partial charge in [0.2, 0.25) is 11.6 Å². The lowest BCUT2D eigenvalue weighted by Gasteiger charge is -2.39. The van der Waals surface area contributed by atoms with Gasteiger partial charge in [0.15, 0.2) is 5.82 Å². The van der Waals surface area contributed by atoms with Crippen LogP contribution in [0.25, 0.3) is 0 Å². The second-order valence-electron chi connectivity index (χ2n) is 8.94. The first kappa shape index (κ1) is 17.7. The highest BCUT2D eigenvalue weighted by Gasteiger charge is 2.51. The predicted molar refractivity (Wildman–Crippen MR) is 100 cm³/mol. The summed E-state index contributed by atoms with van der Waals surface area (Å²) < 4.78 is 5.02. The van der Waals surface area contributed by atoms with Crippen LogP contribution in [0, 0.1) is 27.9 Å². The van der Waals surface area contributed by atoms with Crippen LogP contribution < -0.4 is 10.2 Å². The van der Waals surface area contributed by atoms with Gasteiger partial charge in [-0.05, 0) is 37.0 Å². The molecule has 2 atom stereocenters. The third kappa shape index (κ3) is 3.22. The Kier molecular flexibility index (Phi) is 3.87. The quantitative estimate of drug-likeness (QED) is 0.637. The molecule has 2 fully saturated rings. The van der Waals surface area contributed by atoms with Gasteiger partial charge in [0.05, 0.1) is 4.92 Å². The zero-order valence-electron chi connectivity index (χ0n) is 16.0. The predicted octanol–water partition coefficient (Wildman–Crippen LogP) is 3.83. The monoisotopic (exact) mass is 372 g/mol. The van der Waals surface area contributed by atoms with Crippen molar-refractivity contribution in [2.75, 3.05) is 16.8 Å². The Morgan fingerprint density at radius 2 is 2.11 bits per heavy atom. The average Bonchev–Trinajstić information content (AvgIpc) is 3.06. The second kappa shape index (κ2) is 5.90. The van der Waals surface area contributed by atoms with Crippen LogP contribution in [0.2, 0.25) is 0 Å². The Morgan fingerprint density at radius 1 is 1.33 bits per heavy atom. The molecule has 1 aliphatic carbocycles. The van der Waals surface area contributed by atoms with Crippen molar-refractivity contribution in [1.29, 1.82) is 0 Å². The molecule has 2 unspecified atom stereocenters. The van der Waals surface area contributed by atoms with Crippen molar-refractivity contribution in [3.8, 4) is 0 Å². The minimum absolute atomic E-state index is 0.118. The van der Waals surface area contributed by atoms with Crippen LogP contribution in [0.1, 0.15) is 45.8 Å². The topological polar surface area (TPSA) is 110 Å². The molecule has 4 rings (SSSR count). The summed E-state index contributed by atoms with van der Waals surface area (Å²) in [6.07, 6.45) is 4.50. The smallest absolute Gasteiger partial charge is 0.353 e. The van der Waals surface area contributed by atoms with Gasteiger partial charge >= 0.3 is 5.69 Å². The molecule has 0 aromatic carbocycles. The van der Waals surface area contributed by atoms with E-state index in [4.69, 9.17) is 4.52 Å². The number of hydrogen-bond acceptors (Lipinski definition) is 8. The summed E-state index contributed by atoms with van der Waals surface area (Å²) >= 11 is 0. The maximum Gasteiger partial charge on any atom is 0.353 e. The molecule has 9 heteroatoms. The fourth-order valence-electron chi connectivity index (χ4n) is 5.09. The summed E-state index contributed by atoms with van der Waals surface area (Å²) in [6.45, 7) is 9.34. The number of nitrogens with one attached hydrogen (secondary N) is 1. The third-order valence-electron chi connectivity index (χ3n) is 5.55. The Labute approximate surface area is 157 Å². The van der Waals surface area contributed by atoms with Gasteiger partial charge in [-0.3, -0.25) is 10.1 Å². The molecule has 1 saturated carbocycles. The largest absolute Gasteiger partial charge is 0.360 e. The Morgan fingerprint density at radius 3 is 2.78 bits per heavy atom. The van der Waals surface area contributed by atoms with Crippen LogP contribution in [0.15, 0.2) is 16.9 Å². The molecule has 2 bridgehead atoms.